The molecule has 1 aromatic rings. The average molecular weight is 248 g/mol. The predicted molar refractivity (Wildman–Crippen MR) is 70.4 cm³/mol. The van der Waals surface area contributed by atoms with Crippen molar-refractivity contribution < 1.29 is 9.53 Å². The molecule has 0 radical (unpaired) electrons. The van der Waals surface area contributed by atoms with E-state index < -0.39 is 0 Å². The molecule has 4 nitrogen and oxygen atoms in total. The Labute approximate surface area is 108 Å². The van der Waals surface area contributed by atoms with Gasteiger partial charge in [-0.15, -0.1) is 0 Å². The van der Waals surface area contributed by atoms with Crippen molar-refractivity contribution in [1.82, 2.24) is 10.2 Å². The van der Waals surface area contributed by atoms with Crippen molar-refractivity contribution in [3.05, 3.63) is 35.9 Å². The molecular formula is C14H20N2O2. The zero-order chi connectivity index (χ0) is 13.0. The van der Waals surface area contributed by atoms with E-state index in [1.165, 1.54) is 5.56 Å². The fourth-order valence-electron chi connectivity index (χ4n) is 2.10. The summed E-state index contributed by atoms with van der Waals surface area (Å²) < 4.78 is 5.23. The Bertz CT molecular complexity index is 392. The molecule has 0 aromatic heterocycles. The average Bonchev–Trinajstić information content (AvgIpc) is 2.39. The lowest BCUT2D eigenvalue weighted by Gasteiger charge is -2.33. The first-order valence-electron chi connectivity index (χ1n) is 6.40. The van der Waals surface area contributed by atoms with E-state index >= 15 is 0 Å². The van der Waals surface area contributed by atoms with E-state index in [0.717, 1.165) is 6.54 Å². The number of hydrogen-bond acceptors (Lipinski definition) is 3. The number of nitrogens with one attached hydrogen (secondary N) is 1. The number of amides is 1. The van der Waals surface area contributed by atoms with Crippen LogP contribution in [0.3, 0.4) is 0 Å². The molecule has 0 bridgehead atoms. The van der Waals surface area contributed by atoms with Crippen LogP contribution in [0.1, 0.15) is 25.5 Å². The Morgan fingerprint density at radius 1 is 1.39 bits per heavy atom. The maximum Gasteiger partial charge on any atom is 0.410 e. The molecule has 0 saturated carbocycles. The molecule has 4 heteroatoms. The Balaban J connectivity index is 1.98. The highest BCUT2D eigenvalue weighted by Crippen LogP contribution is 2.17. The van der Waals surface area contributed by atoms with Crippen molar-refractivity contribution in [2.45, 2.75) is 26.0 Å². The summed E-state index contributed by atoms with van der Waals surface area (Å²) in [6, 6.07) is 10.4. The standard InChI is InChI=1S/C14H20N2O2/c1-11(2)18-14(17)16-9-8-15-13(10-16)12-6-4-3-5-7-12/h3-7,11,13,15H,8-10H2,1-2H3. The molecule has 98 valence electrons. The van der Waals surface area contributed by atoms with Gasteiger partial charge in [-0.2, -0.15) is 0 Å². The van der Waals surface area contributed by atoms with E-state index in [0.29, 0.717) is 13.1 Å². The molecule has 1 atom stereocenters. The summed E-state index contributed by atoms with van der Waals surface area (Å²) >= 11 is 0. The number of nitrogens with zero attached hydrogens (tertiary/aromatic N) is 1. The quantitative estimate of drug-likeness (QED) is 0.872. The normalized spacial score (nSPS) is 19.9. The summed E-state index contributed by atoms with van der Waals surface area (Å²) in [6.45, 7) is 5.90. The second-order valence-electron chi connectivity index (χ2n) is 4.80. The monoisotopic (exact) mass is 248 g/mol. The third-order valence-electron chi connectivity index (χ3n) is 2.97. The number of hydrogen-bond donors (Lipinski definition) is 1. The predicted octanol–water partition coefficient (Wildman–Crippen LogP) is 2.18. The largest absolute Gasteiger partial charge is 0.447 e. The van der Waals surface area contributed by atoms with Crippen LogP contribution in [0.25, 0.3) is 0 Å². The van der Waals surface area contributed by atoms with E-state index in [4.69, 9.17) is 4.74 Å². The second-order valence-corrected chi connectivity index (χ2v) is 4.80. The van der Waals surface area contributed by atoms with E-state index in [1.54, 1.807) is 4.90 Å². The van der Waals surface area contributed by atoms with Gasteiger partial charge in [0.1, 0.15) is 0 Å². The molecule has 1 unspecified atom stereocenters. The maximum atomic E-state index is 11.9. The molecular weight excluding hydrogens is 228 g/mol. The summed E-state index contributed by atoms with van der Waals surface area (Å²) in [7, 11) is 0. The van der Waals surface area contributed by atoms with Crippen LogP contribution in [-0.4, -0.2) is 36.7 Å². The molecule has 1 N–H and O–H groups in total. The molecule has 1 aliphatic rings. The van der Waals surface area contributed by atoms with E-state index in [9.17, 15) is 4.79 Å². The van der Waals surface area contributed by atoms with Crippen LogP contribution < -0.4 is 5.32 Å². The van der Waals surface area contributed by atoms with E-state index in [1.807, 2.05) is 32.0 Å². The van der Waals surface area contributed by atoms with Crippen molar-refractivity contribution in [2.75, 3.05) is 19.6 Å². The van der Waals surface area contributed by atoms with Gasteiger partial charge in [0.05, 0.1) is 12.1 Å². The first-order chi connectivity index (χ1) is 8.66. The highest BCUT2D eigenvalue weighted by Gasteiger charge is 2.25. The van der Waals surface area contributed by atoms with Gasteiger partial charge in [-0.1, -0.05) is 30.3 Å². The zero-order valence-corrected chi connectivity index (χ0v) is 10.9. The molecule has 18 heavy (non-hydrogen) atoms. The van der Waals surface area contributed by atoms with Crippen LogP contribution in [0.5, 0.6) is 0 Å². The van der Waals surface area contributed by atoms with Gasteiger partial charge >= 0.3 is 6.09 Å². The summed E-state index contributed by atoms with van der Waals surface area (Å²) in [6.07, 6.45) is -0.282. The molecule has 1 saturated heterocycles. The number of carbonyl (C=O) groups excluding carboxylic acids is 1. The molecule has 2 rings (SSSR count). The summed E-state index contributed by atoms with van der Waals surface area (Å²) in [4.78, 5) is 13.6. The summed E-state index contributed by atoms with van der Waals surface area (Å²) in [5.74, 6) is 0. The lowest BCUT2D eigenvalue weighted by atomic mass is 10.1. The minimum absolute atomic E-state index is 0.0671. The number of benzene rings is 1. The van der Waals surface area contributed by atoms with Crippen molar-refractivity contribution in [2.24, 2.45) is 0 Å². The highest BCUT2D eigenvalue weighted by atomic mass is 16.6. The lowest BCUT2D eigenvalue weighted by molar-refractivity contribution is 0.0675. The van der Waals surface area contributed by atoms with Crippen molar-refractivity contribution in [1.29, 1.82) is 0 Å². The molecule has 0 spiro atoms. The fraction of sp³-hybridized carbons (Fsp3) is 0.500. The molecule has 1 amide bonds. The summed E-state index contributed by atoms with van der Waals surface area (Å²) in [5.41, 5.74) is 1.21. The lowest BCUT2D eigenvalue weighted by Crippen LogP contribution is -2.48. The number of ether oxygens (including phenoxy) is 1. The Morgan fingerprint density at radius 2 is 2.11 bits per heavy atom. The third kappa shape index (κ3) is 3.23. The highest BCUT2D eigenvalue weighted by molar-refractivity contribution is 5.68. The second kappa shape index (κ2) is 5.87. The molecule has 1 heterocycles. The summed E-state index contributed by atoms with van der Waals surface area (Å²) in [5, 5.41) is 3.42. The zero-order valence-electron chi connectivity index (χ0n) is 10.9. The number of piperazine rings is 1. The van der Waals surface area contributed by atoms with Gasteiger partial charge in [0.2, 0.25) is 0 Å². The minimum atomic E-state index is -0.215. The van der Waals surface area contributed by atoms with Crippen LogP contribution in [0, 0.1) is 0 Å². The third-order valence-corrected chi connectivity index (χ3v) is 2.97. The van der Waals surface area contributed by atoms with Crippen molar-refractivity contribution in [3.63, 3.8) is 0 Å². The minimum Gasteiger partial charge on any atom is -0.447 e. The van der Waals surface area contributed by atoms with Gasteiger partial charge in [0.25, 0.3) is 0 Å². The SMILES string of the molecule is CC(C)OC(=O)N1CCNC(c2ccccc2)C1. The van der Waals surface area contributed by atoms with Gasteiger partial charge in [0, 0.05) is 19.6 Å². The molecule has 0 aliphatic carbocycles. The van der Waals surface area contributed by atoms with Gasteiger partial charge in [-0.3, -0.25) is 0 Å². The first kappa shape index (κ1) is 12.9. The van der Waals surface area contributed by atoms with E-state index in [2.05, 4.69) is 17.4 Å². The Morgan fingerprint density at radius 3 is 2.78 bits per heavy atom. The van der Waals surface area contributed by atoms with Crippen molar-refractivity contribution >= 4 is 6.09 Å². The van der Waals surface area contributed by atoms with Crippen LogP contribution >= 0.6 is 0 Å². The van der Waals surface area contributed by atoms with E-state index in [-0.39, 0.29) is 18.2 Å². The smallest absolute Gasteiger partial charge is 0.410 e. The van der Waals surface area contributed by atoms with Gasteiger partial charge in [0.15, 0.2) is 0 Å². The van der Waals surface area contributed by atoms with Gasteiger partial charge < -0.3 is 15.0 Å². The fourth-order valence-corrected chi connectivity index (χ4v) is 2.10. The van der Waals surface area contributed by atoms with Crippen molar-refractivity contribution in [3.8, 4) is 0 Å². The van der Waals surface area contributed by atoms with Gasteiger partial charge in [-0.25, -0.2) is 4.79 Å². The van der Waals surface area contributed by atoms with Gasteiger partial charge in [-0.05, 0) is 19.4 Å². The molecule has 1 aromatic carbocycles. The van der Waals surface area contributed by atoms with Crippen LogP contribution in [0.15, 0.2) is 30.3 Å². The van der Waals surface area contributed by atoms with Crippen LogP contribution in [-0.2, 0) is 4.74 Å². The number of rotatable bonds is 2. The van der Waals surface area contributed by atoms with Crippen LogP contribution in [0.2, 0.25) is 0 Å². The maximum absolute atomic E-state index is 11.9. The molecule has 1 aliphatic heterocycles. The first-order valence-corrected chi connectivity index (χ1v) is 6.40. The Hall–Kier alpha value is -1.55. The number of carbonyl (C=O) groups is 1. The topological polar surface area (TPSA) is 41.6 Å². The molecule has 1 fully saturated rings. The van der Waals surface area contributed by atoms with Crippen LogP contribution in [0.4, 0.5) is 4.79 Å². The Kier molecular flexibility index (Phi) is 4.20.